The van der Waals surface area contributed by atoms with Crippen LogP contribution in [-0.2, 0) is 15.0 Å². The van der Waals surface area contributed by atoms with E-state index >= 15 is 0 Å². The summed E-state index contributed by atoms with van der Waals surface area (Å²) in [5.74, 6) is -2.25. The molecule has 38 heavy (non-hydrogen) atoms. The molecule has 1 aromatic heterocycles. The Balaban J connectivity index is 1.74. The number of hydrogen-bond acceptors (Lipinski definition) is 5. The minimum atomic E-state index is -1.03. The molecular weight excluding hydrogens is 509 g/mol. The Hall–Kier alpha value is -4.17. The number of aromatic nitrogens is 2. The largest absolute Gasteiger partial charge is 0.507 e. The molecule has 0 saturated carbocycles. The molecule has 3 aromatic carbocycles. The number of fused-ring (bicyclic) bond motifs is 1. The van der Waals surface area contributed by atoms with Gasteiger partial charge in [0.25, 0.3) is 5.78 Å². The highest BCUT2D eigenvalue weighted by molar-refractivity contribution is 6.51. The Labute approximate surface area is 223 Å². The Bertz CT molecular complexity index is 1620. The third kappa shape index (κ3) is 4.31. The number of amides is 1. The molecule has 0 bridgehead atoms. The number of carbonyl (C=O) groups excluding carboxylic acids is 2. The van der Waals surface area contributed by atoms with Crippen molar-refractivity contribution in [2.24, 2.45) is 0 Å². The van der Waals surface area contributed by atoms with Crippen LogP contribution in [0.25, 0.3) is 16.8 Å². The van der Waals surface area contributed by atoms with E-state index in [1.165, 1.54) is 42.3 Å². The molecule has 9 heteroatoms. The normalized spacial score (nSPS) is 17.4. The second-order valence-corrected chi connectivity index (χ2v) is 10.5. The van der Waals surface area contributed by atoms with Crippen LogP contribution in [0.1, 0.15) is 43.5 Å². The third-order valence-electron chi connectivity index (χ3n) is 6.63. The lowest BCUT2D eigenvalue weighted by atomic mass is 9.85. The Morgan fingerprint density at radius 2 is 1.79 bits per heavy atom. The number of benzene rings is 3. The first-order chi connectivity index (χ1) is 18.0. The Morgan fingerprint density at radius 3 is 2.45 bits per heavy atom. The van der Waals surface area contributed by atoms with Gasteiger partial charge < -0.3 is 14.8 Å². The van der Waals surface area contributed by atoms with Crippen LogP contribution in [0.3, 0.4) is 0 Å². The summed E-state index contributed by atoms with van der Waals surface area (Å²) in [4.78, 5) is 35.5. The molecule has 5 rings (SSSR count). The van der Waals surface area contributed by atoms with E-state index < -0.39 is 29.3 Å². The maximum atomic E-state index is 13.8. The van der Waals surface area contributed by atoms with Crippen LogP contribution < -0.4 is 9.64 Å². The number of aromatic amines is 1. The highest BCUT2D eigenvalue weighted by Crippen LogP contribution is 2.43. The lowest BCUT2D eigenvalue weighted by molar-refractivity contribution is -0.132. The van der Waals surface area contributed by atoms with Gasteiger partial charge in [-0.2, -0.15) is 0 Å². The molecule has 2 heterocycles. The predicted molar refractivity (Wildman–Crippen MR) is 144 cm³/mol. The van der Waals surface area contributed by atoms with E-state index in [0.717, 1.165) is 5.56 Å². The molecule has 1 aliphatic rings. The van der Waals surface area contributed by atoms with E-state index in [1.54, 1.807) is 6.07 Å². The Morgan fingerprint density at radius 1 is 1.08 bits per heavy atom. The van der Waals surface area contributed by atoms with E-state index in [2.05, 4.69) is 30.7 Å². The summed E-state index contributed by atoms with van der Waals surface area (Å²) in [5.41, 5.74) is 2.27. The summed E-state index contributed by atoms with van der Waals surface area (Å²) >= 11 is 6.38. The number of ether oxygens (including phenoxy) is 1. The quantitative estimate of drug-likeness (QED) is 0.183. The maximum absolute atomic E-state index is 13.8. The number of rotatable bonds is 4. The summed E-state index contributed by atoms with van der Waals surface area (Å²) in [6.07, 6.45) is 0. The van der Waals surface area contributed by atoms with E-state index in [-0.39, 0.29) is 27.5 Å². The topological polar surface area (TPSA) is 95.5 Å². The SMILES string of the molecule is COc1ccc(Cl)c(/C(O)=C2\C(=O)C(=O)N(c3nc4ccc(F)cc4[nH]3)C2c2ccc(C(C)(C)C)cc2)c1. The molecule has 4 aromatic rings. The average Bonchev–Trinajstić information content (AvgIpc) is 3.41. The molecule has 7 nitrogen and oxygen atoms in total. The van der Waals surface area contributed by atoms with Crippen molar-refractivity contribution in [2.75, 3.05) is 12.0 Å². The number of aliphatic hydroxyl groups is 1. The zero-order valence-electron chi connectivity index (χ0n) is 21.2. The van der Waals surface area contributed by atoms with Crippen molar-refractivity contribution in [1.82, 2.24) is 9.97 Å². The Kier molecular flexibility index (Phi) is 6.23. The van der Waals surface area contributed by atoms with Crippen LogP contribution in [0.2, 0.25) is 5.02 Å². The fraction of sp³-hybridized carbons (Fsp3) is 0.207. The predicted octanol–water partition coefficient (Wildman–Crippen LogP) is 6.29. The molecule has 1 unspecified atom stereocenters. The van der Waals surface area contributed by atoms with Gasteiger partial charge in [-0.3, -0.25) is 14.5 Å². The molecule has 1 saturated heterocycles. The number of nitrogens with one attached hydrogen (secondary N) is 1. The molecule has 1 aliphatic heterocycles. The van der Waals surface area contributed by atoms with Gasteiger partial charge in [-0.25, -0.2) is 9.37 Å². The minimum absolute atomic E-state index is 0.0494. The molecule has 194 valence electrons. The number of imidazole rings is 1. The molecule has 0 radical (unpaired) electrons. The summed E-state index contributed by atoms with van der Waals surface area (Å²) in [6.45, 7) is 6.23. The van der Waals surface area contributed by atoms with Gasteiger partial charge in [0.2, 0.25) is 5.95 Å². The number of nitrogens with zero attached hydrogens (tertiary/aromatic N) is 2. The molecule has 1 fully saturated rings. The molecular formula is C29H25ClFN3O4. The lowest BCUT2D eigenvalue weighted by Crippen LogP contribution is -2.30. The molecule has 1 atom stereocenters. The summed E-state index contributed by atoms with van der Waals surface area (Å²) in [6, 6.07) is 15.1. The highest BCUT2D eigenvalue weighted by Gasteiger charge is 2.48. The number of H-pyrrole nitrogens is 1. The standard InChI is InChI=1S/C29H25ClFN3O4/c1-29(2,3)16-7-5-15(6-8-16)24-23(25(35)19-14-18(38-4)10-11-20(19)30)26(36)27(37)34(24)28-32-21-12-9-17(31)13-22(21)33-28/h5-14,24,35H,1-4H3,(H,32,33)/b25-23+. The molecule has 0 spiro atoms. The number of anilines is 1. The van der Waals surface area contributed by atoms with Crippen LogP contribution in [-0.4, -0.2) is 33.9 Å². The highest BCUT2D eigenvalue weighted by atomic mass is 35.5. The van der Waals surface area contributed by atoms with Crippen molar-refractivity contribution in [2.45, 2.75) is 32.2 Å². The number of carbonyl (C=O) groups is 2. The first kappa shape index (κ1) is 25.5. The number of aliphatic hydroxyl groups excluding tert-OH is 1. The van der Waals surface area contributed by atoms with Crippen LogP contribution in [0.15, 0.2) is 66.2 Å². The summed E-state index contributed by atoms with van der Waals surface area (Å²) in [5, 5.41) is 11.6. The zero-order valence-corrected chi connectivity index (χ0v) is 21.9. The fourth-order valence-corrected chi connectivity index (χ4v) is 4.78. The van der Waals surface area contributed by atoms with Crippen molar-refractivity contribution in [3.05, 3.63) is 93.8 Å². The average molecular weight is 534 g/mol. The summed E-state index contributed by atoms with van der Waals surface area (Å²) in [7, 11) is 1.47. The number of methoxy groups -OCH3 is 1. The van der Waals surface area contributed by atoms with Crippen molar-refractivity contribution in [1.29, 1.82) is 0 Å². The second-order valence-electron chi connectivity index (χ2n) is 10.1. The van der Waals surface area contributed by atoms with Crippen LogP contribution in [0.5, 0.6) is 5.75 Å². The first-order valence-electron chi connectivity index (χ1n) is 11.9. The molecule has 0 aliphatic carbocycles. The van der Waals surface area contributed by atoms with Gasteiger partial charge in [-0.1, -0.05) is 56.6 Å². The number of ketones is 1. The van der Waals surface area contributed by atoms with Gasteiger partial charge in [-0.05, 0) is 52.9 Å². The minimum Gasteiger partial charge on any atom is -0.507 e. The van der Waals surface area contributed by atoms with Gasteiger partial charge in [-0.15, -0.1) is 0 Å². The van der Waals surface area contributed by atoms with Crippen LogP contribution >= 0.6 is 11.6 Å². The molecule has 1 amide bonds. The van der Waals surface area contributed by atoms with Gasteiger partial charge >= 0.3 is 5.91 Å². The van der Waals surface area contributed by atoms with Gasteiger partial charge in [0.1, 0.15) is 17.3 Å². The van der Waals surface area contributed by atoms with Crippen LogP contribution in [0, 0.1) is 5.82 Å². The van der Waals surface area contributed by atoms with Gasteiger partial charge in [0.05, 0.1) is 34.8 Å². The maximum Gasteiger partial charge on any atom is 0.302 e. The third-order valence-corrected chi connectivity index (χ3v) is 6.95. The van der Waals surface area contributed by atoms with E-state index in [1.807, 2.05) is 24.3 Å². The number of halogens is 2. The van der Waals surface area contributed by atoms with E-state index in [4.69, 9.17) is 16.3 Å². The second kappa shape index (κ2) is 9.29. The van der Waals surface area contributed by atoms with Gasteiger partial charge in [0.15, 0.2) is 0 Å². The smallest absolute Gasteiger partial charge is 0.302 e. The number of hydrogen-bond donors (Lipinski definition) is 2. The van der Waals surface area contributed by atoms with E-state index in [9.17, 15) is 19.1 Å². The zero-order chi connectivity index (χ0) is 27.4. The first-order valence-corrected chi connectivity index (χ1v) is 12.3. The number of Topliss-reactive ketones (excluding diaryl/α,β-unsaturated/α-hetero) is 1. The monoisotopic (exact) mass is 533 g/mol. The molecule has 2 N–H and O–H groups in total. The van der Waals surface area contributed by atoms with Crippen molar-refractivity contribution >= 4 is 46.0 Å². The van der Waals surface area contributed by atoms with Crippen molar-refractivity contribution in [3.8, 4) is 5.75 Å². The van der Waals surface area contributed by atoms with Crippen molar-refractivity contribution < 1.29 is 23.8 Å². The van der Waals surface area contributed by atoms with Crippen LogP contribution in [0.4, 0.5) is 10.3 Å². The fourth-order valence-electron chi connectivity index (χ4n) is 4.57. The lowest BCUT2D eigenvalue weighted by Gasteiger charge is -2.25. The van der Waals surface area contributed by atoms with Crippen molar-refractivity contribution in [3.63, 3.8) is 0 Å². The van der Waals surface area contributed by atoms with Gasteiger partial charge in [0, 0.05) is 5.56 Å². The summed E-state index contributed by atoms with van der Waals surface area (Å²) < 4.78 is 19.1. The van der Waals surface area contributed by atoms with E-state index in [0.29, 0.717) is 22.3 Å².